The van der Waals surface area contributed by atoms with Gasteiger partial charge in [-0.1, -0.05) is 72.9 Å². The van der Waals surface area contributed by atoms with E-state index in [1.165, 1.54) is 0 Å². The molecule has 0 aliphatic rings. The highest BCUT2D eigenvalue weighted by molar-refractivity contribution is 7.96. The standard InChI is InChI=1S/C16H20O2S/c1-2-3-4-5-6-7-8-9-10-11-12-13-15(17)14-16(18)19/h2-13,15,17H,14H2,1H3,(H,18,19)/b3-2+,5-4+,7-6+,9-8+,11-10+,13-12+. The fourth-order valence-corrected chi connectivity index (χ4v) is 1.25. The Morgan fingerprint density at radius 2 is 1.37 bits per heavy atom. The normalized spacial score (nSPS) is 15.1. The Bertz CT molecular complexity index is 412. The minimum atomic E-state index is -0.768. The molecule has 0 fully saturated rings. The fourth-order valence-electron chi connectivity index (χ4n) is 1.06. The van der Waals surface area contributed by atoms with Gasteiger partial charge in [-0.2, -0.15) is 0 Å². The van der Waals surface area contributed by atoms with Gasteiger partial charge in [0.05, 0.1) is 6.10 Å². The number of hydrogen-bond acceptors (Lipinski definition) is 2. The maximum atomic E-state index is 10.6. The van der Waals surface area contributed by atoms with Gasteiger partial charge in [0.2, 0.25) is 0 Å². The molecule has 19 heavy (non-hydrogen) atoms. The van der Waals surface area contributed by atoms with Gasteiger partial charge in [0.1, 0.15) is 0 Å². The van der Waals surface area contributed by atoms with E-state index in [9.17, 15) is 9.90 Å². The number of aliphatic hydroxyl groups excluding tert-OH is 1. The summed E-state index contributed by atoms with van der Waals surface area (Å²) in [6.07, 6.45) is 21.6. The zero-order valence-electron chi connectivity index (χ0n) is 11.0. The minimum absolute atomic E-state index is 0.0323. The molecular weight excluding hydrogens is 256 g/mol. The van der Waals surface area contributed by atoms with Gasteiger partial charge in [0, 0.05) is 6.42 Å². The first-order valence-electron chi connectivity index (χ1n) is 6.03. The van der Waals surface area contributed by atoms with Crippen LogP contribution in [0.5, 0.6) is 0 Å². The van der Waals surface area contributed by atoms with E-state index in [0.717, 1.165) is 0 Å². The summed E-state index contributed by atoms with van der Waals surface area (Å²) in [6.45, 7) is 1.97. The van der Waals surface area contributed by atoms with Crippen molar-refractivity contribution in [2.45, 2.75) is 19.4 Å². The van der Waals surface area contributed by atoms with Crippen LogP contribution in [0.2, 0.25) is 0 Å². The van der Waals surface area contributed by atoms with Crippen LogP contribution in [0.4, 0.5) is 0 Å². The zero-order valence-corrected chi connectivity index (χ0v) is 11.9. The average Bonchev–Trinajstić information content (AvgIpc) is 2.35. The smallest absolute Gasteiger partial charge is 0.188 e. The van der Waals surface area contributed by atoms with E-state index >= 15 is 0 Å². The molecule has 1 N–H and O–H groups in total. The van der Waals surface area contributed by atoms with E-state index in [1.54, 1.807) is 18.2 Å². The molecular formula is C16H20O2S. The third-order valence-corrected chi connectivity index (χ3v) is 2.09. The van der Waals surface area contributed by atoms with Gasteiger partial charge in [0.15, 0.2) is 5.12 Å². The summed E-state index contributed by atoms with van der Waals surface area (Å²) in [5, 5.41) is 9.01. The number of allylic oxidation sites excluding steroid dienone is 11. The van der Waals surface area contributed by atoms with Crippen molar-refractivity contribution in [3.8, 4) is 0 Å². The number of aliphatic hydroxyl groups is 1. The third-order valence-electron chi connectivity index (χ3n) is 1.91. The van der Waals surface area contributed by atoms with Crippen LogP contribution in [0.3, 0.4) is 0 Å². The summed E-state index contributed by atoms with van der Waals surface area (Å²) in [7, 11) is 0. The summed E-state index contributed by atoms with van der Waals surface area (Å²) in [5.41, 5.74) is 0. The van der Waals surface area contributed by atoms with Gasteiger partial charge >= 0.3 is 0 Å². The molecule has 1 unspecified atom stereocenters. The van der Waals surface area contributed by atoms with Crippen LogP contribution in [0.25, 0.3) is 0 Å². The fraction of sp³-hybridized carbons (Fsp3) is 0.188. The topological polar surface area (TPSA) is 37.3 Å². The van der Waals surface area contributed by atoms with Gasteiger partial charge in [0.25, 0.3) is 0 Å². The molecule has 0 rings (SSSR count). The van der Waals surface area contributed by atoms with Crippen molar-refractivity contribution < 1.29 is 9.90 Å². The monoisotopic (exact) mass is 276 g/mol. The van der Waals surface area contributed by atoms with Crippen LogP contribution < -0.4 is 0 Å². The highest BCUT2D eigenvalue weighted by Crippen LogP contribution is 1.97. The molecule has 0 spiro atoms. The predicted molar refractivity (Wildman–Crippen MR) is 85.1 cm³/mol. The Balaban J connectivity index is 3.90. The number of carbonyl (C=O) groups excluding carboxylic acids is 1. The van der Waals surface area contributed by atoms with E-state index in [1.807, 2.05) is 61.6 Å². The highest BCUT2D eigenvalue weighted by atomic mass is 32.1. The molecule has 0 saturated carbocycles. The van der Waals surface area contributed by atoms with E-state index in [4.69, 9.17) is 0 Å². The van der Waals surface area contributed by atoms with Gasteiger partial charge in [-0.3, -0.25) is 4.79 Å². The van der Waals surface area contributed by atoms with Gasteiger partial charge in [-0.15, -0.1) is 12.6 Å². The molecule has 2 nitrogen and oxygen atoms in total. The summed E-state index contributed by atoms with van der Waals surface area (Å²) < 4.78 is 0. The molecule has 3 heteroatoms. The Morgan fingerprint density at radius 1 is 0.947 bits per heavy atom. The van der Waals surface area contributed by atoms with E-state index in [0.29, 0.717) is 0 Å². The first kappa shape index (κ1) is 17.4. The number of hydrogen-bond donors (Lipinski definition) is 2. The lowest BCUT2D eigenvalue weighted by molar-refractivity contribution is -0.112. The summed E-state index contributed by atoms with van der Waals surface area (Å²) in [4.78, 5) is 10.6. The Labute approximate surface area is 120 Å². The van der Waals surface area contributed by atoms with E-state index < -0.39 is 6.10 Å². The molecule has 0 aromatic carbocycles. The molecule has 102 valence electrons. The average molecular weight is 276 g/mol. The van der Waals surface area contributed by atoms with Crippen LogP contribution in [-0.2, 0) is 4.79 Å². The van der Waals surface area contributed by atoms with Gasteiger partial charge in [-0.25, -0.2) is 0 Å². The number of carbonyl (C=O) groups is 1. The molecule has 0 radical (unpaired) electrons. The molecule has 0 aromatic heterocycles. The summed E-state index contributed by atoms with van der Waals surface area (Å²) >= 11 is 3.59. The van der Waals surface area contributed by atoms with Crippen molar-refractivity contribution in [1.82, 2.24) is 0 Å². The number of thiol groups is 1. The maximum absolute atomic E-state index is 10.6. The molecule has 1 atom stereocenters. The number of rotatable bonds is 8. The molecule has 0 aliphatic carbocycles. The van der Waals surface area contributed by atoms with Crippen LogP contribution in [0, 0.1) is 0 Å². The van der Waals surface area contributed by atoms with Crippen molar-refractivity contribution in [2.24, 2.45) is 0 Å². The zero-order chi connectivity index (χ0) is 14.3. The van der Waals surface area contributed by atoms with Crippen molar-refractivity contribution >= 4 is 17.7 Å². The molecule has 0 aromatic rings. The Morgan fingerprint density at radius 3 is 1.79 bits per heavy atom. The predicted octanol–water partition coefficient (Wildman–Crippen LogP) is 3.55. The van der Waals surface area contributed by atoms with Crippen LogP contribution >= 0.6 is 12.6 Å². The van der Waals surface area contributed by atoms with Crippen LogP contribution in [-0.4, -0.2) is 16.3 Å². The first-order valence-corrected chi connectivity index (χ1v) is 6.47. The molecule has 0 amide bonds. The Kier molecular flexibility index (Phi) is 11.8. The SMILES string of the molecule is C/C=C/C=C/C=C/C=C/C=C/C=C/C(O)CC(=O)S. The third kappa shape index (κ3) is 14.4. The van der Waals surface area contributed by atoms with Crippen molar-refractivity contribution in [3.05, 3.63) is 72.9 Å². The molecule has 0 heterocycles. The van der Waals surface area contributed by atoms with Crippen molar-refractivity contribution in [1.29, 1.82) is 0 Å². The second-order valence-electron chi connectivity index (χ2n) is 3.62. The first-order chi connectivity index (χ1) is 9.16. The quantitative estimate of drug-likeness (QED) is 0.525. The lowest BCUT2D eigenvalue weighted by atomic mass is 10.2. The van der Waals surface area contributed by atoms with Crippen molar-refractivity contribution in [2.75, 3.05) is 0 Å². The minimum Gasteiger partial charge on any atom is -0.389 e. The second-order valence-corrected chi connectivity index (χ2v) is 4.11. The second kappa shape index (κ2) is 12.9. The highest BCUT2D eigenvalue weighted by Gasteiger charge is 2.01. The molecule has 0 bridgehead atoms. The maximum Gasteiger partial charge on any atom is 0.188 e. The molecule has 0 saturated heterocycles. The van der Waals surface area contributed by atoms with E-state index in [2.05, 4.69) is 12.6 Å². The molecule has 0 aliphatic heterocycles. The lowest BCUT2D eigenvalue weighted by Gasteiger charge is -1.98. The van der Waals surface area contributed by atoms with E-state index in [-0.39, 0.29) is 11.5 Å². The largest absolute Gasteiger partial charge is 0.389 e. The Hall–Kier alpha value is -1.58. The van der Waals surface area contributed by atoms with Crippen LogP contribution in [0.15, 0.2) is 72.9 Å². The summed E-state index contributed by atoms with van der Waals surface area (Å²) in [6, 6.07) is 0. The summed E-state index contributed by atoms with van der Waals surface area (Å²) in [5.74, 6) is 0. The van der Waals surface area contributed by atoms with Gasteiger partial charge < -0.3 is 5.11 Å². The van der Waals surface area contributed by atoms with Crippen molar-refractivity contribution in [3.63, 3.8) is 0 Å². The lowest BCUT2D eigenvalue weighted by Crippen LogP contribution is -2.05. The van der Waals surface area contributed by atoms with Crippen LogP contribution in [0.1, 0.15) is 13.3 Å². The van der Waals surface area contributed by atoms with Gasteiger partial charge in [-0.05, 0) is 6.92 Å².